The lowest BCUT2D eigenvalue weighted by Gasteiger charge is -2.24. The third kappa shape index (κ3) is 6.13. The number of nitro groups is 1. The van der Waals surface area contributed by atoms with Gasteiger partial charge in [0.05, 0.1) is 27.1 Å². The highest BCUT2D eigenvalue weighted by molar-refractivity contribution is 7.80. The summed E-state index contributed by atoms with van der Waals surface area (Å²) in [6, 6.07) is 15.6. The second-order valence-electron chi connectivity index (χ2n) is 7.97. The van der Waals surface area contributed by atoms with Gasteiger partial charge in [-0.3, -0.25) is 24.6 Å². The number of rotatable bonds is 9. The van der Waals surface area contributed by atoms with E-state index in [1.54, 1.807) is 41.3 Å². The molecule has 190 valence electrons. The van der Waals surface area contributed by atoms with Gasteiger partial charge in [0.25, 0.3) is 11.6 Å². The highest BCUT2D eigenvalue weighted by atomic mass is 35.5. The van der Waals surface area contributed by atoms with Crippen LogP contribution in [0.15, 0.2) is 66.9 Å². The molecule has 2 N–H and O–H groups in total. The molecule has 1 aliphatic heterocycles. The lowest BCUT2D eigenvalue weighted by molar-refractivity contribution is -0.385. The predicted octanol–water partition coefficient (Wildman–Crippen LogP) is 4.74. The van der Waals surface area contributed by atoms with Crippen molar-refractivity contribution in [2.75, 3.05) is 28.6 Å². The molecule has 3 aromatic rings. The van der Waals surface area contributed by atoms with Gasteiger partial charge < -0.3 is 15.5 Å². The highest BCUT2D eigenvalue weighted by Crippen LogP contribution is 2.28. The van der Waals surface area contributed by atoms with Gasteiger partial charge in [-0.15, -0.1) is 0 Å². The maximum atomic E-state index is 13.4. The molecule has 0 aliphatic carbocycles. The molecule has 37 heavy (non-hydrogen) atoms. The maximum Gasteiger partial charge on any atom is 0.287 e. The van der Waals surface area contributed by atoms with Crippen LogP contribution >= 0.6 is 35.4 Å². The zero-order chi connectivity index (χ0) is 26.5. The van der Waals surface area contributed by atoms with Gasteiger partial charge in [-0.25, -0.2) is 4.98 Å². The van der Waals surface area contributed by atoms with Crippen molar-refractivity contribution in [3.8, 4) is 0 Å². The van der Waals surface area contributed by atoms with Crippen LogP contribution in [0.4, 0.5) is 22.9 Å². The molecule has 0 bridgehead atoms. The number of amides is 2. The summed E-state index contributed by atoms with van der Waals surface area (Å²) in [6.07, 6.45) is 0.998. The molecule has 0 radical (unpaired) electrons. The molecule has 2 amide bonds. The summed E-state index contributed by atoms with van der Waals surface area (Å²) in [6.45, 7) is 0.586. The average Bonchev–Trinajstić information content (AvgIpc) is 3.11. The summed E-state index contributed by atoms with van der Waals surface area (Å²) in [5.41, 5.74) is 0.924. The van der Waals surface area contributed by atoms with Gasteiger partial charge in [-0.05, 0) is 48.6 Å². The number of halogens is 2. The van der Waals surface area contributed by atoms with Crippen molar-refractivity contribution in [3.05, 3.63) is 87.0 Å². The Morgan fingerprint density at radius 3 is 2.51 bits per heavy atom. The van der Waals surface area contributed by atoms with Gasteiger partial charge >= 0.3 is 0 Å². The van der Waals surface area contributed by atoms with Gasteiger partial charge in [0.1, 0.15) is 18.1 Å². The van der Waals surface area contributed by atoms with E-state index in [1.807, 2.05) is 6.07 Å². The van der Waals surface area contributed by atoms with Crippen LogP contribution in [0, 0.1) is 10.1 Å². The number of anilines is 3. The van der Waals surface area contributed by atoms with E-state index in [-0.39, 0.29) is 29.7 Å². The van der Waals surface area contributed by atoms with Crippen LogP contribution in [0.2, 0.25) is 10.0 Å². The average molecular weight is 559 g/mol. The van der Waals surface area contributed by atoms with Crippen LogP contribution in [-0.4, -0.2) is 50.9 Å². The van der Waals surface area contributed by atoms with E-state index in [0.29, 0.717) is 33.8 Å². The van der Waals surface area contributed by atoms with E-state index in [2.05, 4.69) is 15.6 Å². The third-order valence-corrected chi connectivity index (χ3v) is 6.69. The first-order chi connectivity index (χ1) is 17.7. The molecule has 2 heterocycles. The van der Waals surface area contributed by atoms with Gasteiger partial charge in [-0.1, -0.05) is 41.4 Å². The van der Waals surface area contributed by atoms with Crippen molar-refractivity contribution in [2.45, 2.75) is 12.5 Å². The number of hydrogen-bond acceptors (Lipinski definition) is 7. The lowest BCUT2D eigenvalue weighted by atomic mass is 10.1. The number of nitrogens with one attached hydrogen (secondary N) is 2. The Balaban J connectivity index is 1.49. The Hall–Kier alpha value is -3.80. The second-order valence-corrected chi connectivity index (χ2v) is 9.15. The summed E-state index contributed by atoms with van der Waals surface area (Å²) >= 11 is 17.6. The van der Waals surface area contributed by atoms with Crippen LogP contribution in [0.1, 0.15) is 6.42 Å². The van der Waals surface area contributed by atoms with Crippen molar-refractivity contribution < 1.29 is 14.5 Å². The SMILES string of the molecule is O=C(CC1C(=O)N(c2ccccc2)C(=S)N1CCNc1ccc([N+](=O)[O-])cn1)Nc1ccc(Cl)c(Cl)c1. The fourth-order valence-electron chi connectivity index (χ4n) is 3.77. The zero-order valence-electron chi connectivity index (χ0n) is 19.1. The number of hydrogen-bond donors (Lipinski definition) is 2. The first-order valence-electron chi connectivity index (χ1n) is 11.0. The highest BCUT2D eigenvalue weighted by Gasteiger charge is 2.43. The van der Waals surface area contributed by atoms with E-state index in [0.717, 1.165) is 6.20 Å². The second kappa shape index (κ2) is 11.5. The number of carbonyl (C=O) groups excluding carboxylic acids is 2. The van der Waals surface area contributed by atoms with E-state index in [9.17, 15) is 19.7 Å². The Morgan fingerprint density at radius 2 is 1.86 bits per heavy atom. The topological polar surface area (TPSA) is 121 Å². The predicted molar refractivity (Wildman–Crippen MR) is 146 cm³/mol. The first kappa shape index (κ1) is 26.3. The van der Waals surface area contributed by atoms with Gasteiger partial charge in [0.2, 0.25) is 5.91 Å². The molecule has 1 saturated heterocycles. The smallest absolute Gasteiger partial charge is 0.287 e. The van der Waals surface area contributed by atoms with Crippen LogP contribution in [-0.2, 0) is 9.59 Å². The van der Waals surface area contributed by atoms with Gasteiger partial charge in [0, 0.05) is 24.8 Å². The normalized spacial score (nSPS) is 15.1. The van der Waals surface area contributed by atoms with E-state index in [4.69, 9.17) is 35.4 Å². The number of thiocarbonyl (C=S) groups is 1. The standard InChI is InChI=1S/C24H20Cl2N6O4S/c25-18-8-6-15(12-19(18)26)29-22(33)13-20-23(34)31(16-4-2-1-3-5-16)24(37)30(20)11-10-27-21-9-7-17(14-28-21)32(35)36/h1-9,12,14,20H,10-11,13H2,(H,27,28)(H,29,33). The number of benzene rings is 2. The molecule has 1 aliphatic rings. The number of aromatic nitrogens is 1. The minimum absolute atomic E-state index is 0.122. The summed E-state index contributed by atoms with van der Waals surface area (Å²) < 4.78 is 0. The van der Waals surface area contributed by atoms with Gasteiger partial charge in [-0.2, -0.15) is 0 Å². The molecule has 1 atom stereocenters. The van der Waals surface area contributed by atoms with Crippen molar-refractivity contribution in [2.24, 2.45) is 0 Å². The molecule has 0 saturated carbocycles. The van der Waals surface area contributed by atoms with Crippen molar-refractivity contribution >= 4 is 75.2 Å². The van der Waals surface area contributed by atoms with E-state index >= 15 is 0 Å². The molecule has 10 nitrogen and oxygen atoms in total. The number of carbonyl (C=O) groups is 2. The van der Waals surface area contributed by atoms with Crippen molar-refractivity contribution in [1.82, 2.24) is 9.88 Å². The summed E-state index contributed by atoms with van der Waals surface area (Å²) in [4.78, 5) is 43.7. The molecule has 13 heteroatoms. The van der Waals surface area contributed by atoms with Crippen molar-refractivity contribution in [1.29, 1.82) is 0 Å². The largest absolute Gasteiger partial charge is 0.368 e. The number of pyridine rings is 1. The van der Waals surface area contributed by atoms with Crippen LogP contribution in [0.3, 0.4) is 0 Å². The van der Waals surface area contributed by atoms with E-state index < -0.39 is 16.9 Å². The summed E-state index contributed by atoms with van der Waals surface area (Å²) in [5.74, 6) is -0.297. The molecule has 0 spiro atoms. The minimum atomic E-state index is -0.845. The Kier molecular flexibility index (Phi) is 8.17. The molecular weight excluding hydrogens is 539 g/mol. The number of nitrogens with zero attached hydrogens (tertiary/aromatic N) is 4. The molecule has 1 aromatic heterocycles. The minimum Gasteiger partial charge on any atom is -0.368 e. The Labute approximate surface area is 227 Å². The van der Waals surface area contributed by atoms with Crippen LogP contribution < -0.4 is 15.5 Å². The van der Waals surface area contributed by atoms with E-state index in [1.165, 1.54) is 23.1 Å². The monoisotopic (exact) mass is 558 g/mol. The molecular formula is C24H20Cl2N6O4S. The zero-order valence-corrected chi connectivity index (χ0v) is 21.5. The van der Waals surface area contributed by atoms with Crippen LogP contribution in [0.25, 0.3) is 0 Å². The Morgan fingerprint density at radius 1 is 1.11 bits per heavy atom. The quantitative estimate of drug-likeness (QED) is 0.219. The summed E-state index contributed by atoms with van der Waals surface area (Å²) in [5, 5.41) is 17.5. The fraction of sp³-hybridized carbons (Fsp3) is 0.167. The molecule has 2 aromatic carbocycles. The van der Waals surface area contributed by atoms with Gasteiger partial charge in [0.15, 0.2) is 5.11 Å². The Bertz CT molecular complexity index is 1340. The fourth-order valence-corrected chi connectivity index (χ4v) is 4.48. The van der Waals surface area contributed by atoms with Crippen LogP contribution in [0.5, 0.6) is 0 Å². The summed E-state index contributed by atoms with van der Waals surface area (Å²) in [7, 11) is 0. The lowest BCUT2D eigenvalue weighted by Crippen LogP contribution is -2.40. The molecule has 1 unspecified atom stereocenters. The molecule has 1 fully saturated rings. The maximum absolute atomic E-state index is 13.4. The molecule has 4 rings (SSSR count). The first-order valence-corrected chi connectivity index (χ1v) is 12.2. The van der Waals surface area contributed by atoms with Crippen molar-refractivity contribution in [3.63, 3.8) is 0 Å². The number of para-hydroxylation sites is 1. The third-order valence-electron chi connectivity index (χ3n) is 5.53.